The molecule has 122 valence electrons. The highest BCUT2D eigenvalue weighted by atomic mass is 32.3. The molecule has 4 nitrogen and oxygen atoms in total. The van der Waals surface area contributed by atoms with Gasteiger partial charge in [-0.15, -0.1) is 0 Å². The van der Waals surface area contributed by atoms with Crippen molar-refractivity contribution in [2.24, 2.45) is 0 Å². The summed E-state index contributed by atoms with van der Waals surface area (Å²) in [5.74, 6) is -1.11. The van der Waals surface area contributed by atoms with Crippen LogP contribution in [0, 0.1) is 5.82 Å². The molecule has 0 fully saturated rings. The Balaban J connectivity index is 2.44. The highest BCUT2D eigenvalue weighted by molar-refractivity contribution is 7.81. The number of hydrogen-bond acceptors (Lipinski definition) is 3. The van der Waals surface area contributed by atoms with E-state index in [1.165, 1.54) is 12.1 Å². The Bertz CT molecular complexity index is 812. The van der Waals surface area contributed by atoms with Gasteiger partial charge in [0.15, 0.2) is 5.75 Å². The Morgan fingerprint density at radius 1 is 1.09 bits per heavy atom. The quantitative estimate of drug-likeness (QED) is 0.653. The van der Waals surface area contributed by atoms with Gasteiger partial charge in [0.05, 0.1) is 0 Å². The predicted molar refractivity (Wildman–Crippen MR) is 88.0 cm³/mol. The molecule has 0 spiro atoms. The van der Waals surface area contributed by atoms with Crippen LogP contribution >= 0.6 is 0 Å². The van der Waals surface area contributed by atoms with E-state index in [1.807, 2.05) is 30.3 Å². The van der Waals surface area contributed by atoms with Gasteiger partial charge in [-0.05, 0) is 29.2 Å². The maximum absolute atomic E-state index is 14.3. The van der Waals surface area contributed by atoms with Gasteiger partial charge in [0.25, 0.3) is 0 Å². The monoisotopic (exact) mass is 336 g/mol. The predicted octanol–water partition coefficient (Wildman–Crippen LogP) is 4.30. The Morgan fingerprint density at radius 3 is 2.26 bits per heavy atom. The van der Waals surface area contributed by atoms with Crippen LogP contribution in [0.25, 0.3) is 12.2 Å². The summed E-state index contributed by atoms with van der Waals surface area (Å²) in [6.45, 7) is 3.41. The number of hydrogen-bond donors (Lipinski definition) is 1. The van der Waals surface area contributed by atoms with E-state index in [0.29, 0.717) is 5.56 Å². The van der Waals surface area contributed by atoms with Crippen LogP contribution in [0.5, 0.6) is 5.75 Å². The van der Waals surface area contributed by atoms with Crippen LogP contribution in [0.3, 0.4) is 0 Å². The zero-order chi connectivity index (χ0) is 17.0. The minimum absolute atomic E-state index is 0.0967. The first-order valence-corrected chi connectivity index (χ1v) is 8.36. The second kappa shape index (κ2) is 6.93. The normalized spacial score (nSPS) is 12.0. The number of rotatable bonds is 5. The molecule has 0 saturated heterocycles. The minimum atomic E-state index is -4.72. The molecule has 0 bridgehead atoms. The molecule has 2 aromatic rings. The summed E-state index contributed by atoms with van der Waals surface area (Å²) in [6, 6.07) is 12.1. The van der Waals surface area contributed by atoms with Gasteiger partial charge >= 0.3 is 10.4 Å². The molecule has 0 amide bonds. The first kappa shape index (κ1) is 17.2. The lowest BCUT2D eigenvalue weighted by atomic mass is 9.99. The van der Waals surface area contributed by atoms with Crippen molar-refractivity contribution in [2.75, 3.05) is 0 Å². The average Bonchev–Trinajstić information content (AvgIpc) is 2.43. The third-order valence-corrected chi connectivity index (χ3v) is 3.54. The third kappa shape index (κ3) is 4.91. The molecule has 1 N–H and O–H groups in total. The molecule has 0 aliphatic heterocycles. The fraction of sp³-hybridized carbons (Fsp3) is 0.176. The summed E-state index contributed by atoms with van der Waals surface area (Å²) in [7, 11) is -4.72. The van der Waals surface area contributed by atoms with Crippen LogP contribution in [0.1, 0.15) is 36.5 Å². The van der Waals surface area contributed by atoms with Crippen molar-refractivity contribution < 1.29 is 21.5 Å². The van der Waals surface area contributed by atoms with E-state index < -0.39 is 16.2 Å². The lowest BCUT2D eigenvalue weighted by molar-refractivity contribution is 0.383. The molecule has 0 unspecified atom stereocenters. The van der Waals surface area contributed by atoms with Crippen LogP contribution < -0.4 is 4.18 Å². The van der Waals surface area contributed by atoms with Gasteiger partial charge in [0.2, 0.25) is 0 Å². The lowest BCUT2D eigenvalue weighted by Gasteiger charge is -2.14. The molecule has 0 radical (unpaired) electrons. The second-order valence-electron chi connectivity index (χ2n) is 5.32. The summed E-state index contributed by atoms with van der Waals surface area (Å²) >= 11 is 0. The Morgan fingerprint density at radius 2 is 1.70 bits per heavy atom. The number of benzene rings is 2. The highest BCUT2D eigenvalue weighted by Crippen LogP contribution is 2.32. The topological polar surface area (TPSA) is 63.6 Å². The van der Waals surface area contributed by atoms with Crippen LogP contribution in [-0.4, -0.2) is 13.0 Å². The Hall–Kier alpha value is -2.18. The first-order valence-electron chi connectivity index (χ1n) is 7.00. The largest absolute Gasteiger partial charge is 0.446 e. The van der Waals surface area contributed by atoms with Crippen molar-refractivity contribution in [2.45, 2.75) is 19.8 Å². The molecule has 0 heterocycles. The summed E-state index contributed by atoms with van der Waals surface area (Å²) < 4.78 is 49.6. The van der Waals surface area contributed by atoms with Gasteiger partial charge in [-0.2, -0.15) is 8.42 Å². The van der Waals surface area contributed by atoms with Crippen LogP contribution in [-0.2, 0) is 10.4 Å². The summed E-state index contributed by atoms with van der Waals surface area (Å²) in [4.78, 5) is 0. The lowest BCUT2D eigenvalue weighted by Crippen LogP contribution is -2.10. The molecule has 23 heavy (non-hydrogen) atoms. The first-order chi connectivity index (χ1) is 10.8. The van der Waals surface area contributed by atoms with Crippen molar-refractivity contribution >= 4 is 22.6 Å². The van der Waals surface area contributed by atoms with Crippen LogP contribution in [0.4, 0.5) is 4.39 Å². The minimum Gasteiger partial charge on any atom is -0.361 e. The fourth-order valence-corrected chi connectivity index (χ4v) is 2.57. The van der Waals surface area contributed by atoms with E-state index in [2.05, 4.69) is 4.18 Å². The van der Waals surface area contributed by atoms with Gasteiger partial charge in [-0.3, -0.25) is 4.55 Å². The summed E-state index contributed by atoms with van der Waals surface area (Å²) in [5, 5.41) is 0. The van der Waals surface area contributed by atoms with Crippen LogP contribution in [0.2, 0.25) is 0 Å². The molecular formula is C17H17FO4S. The van der Waals surface area contributed by atoms with E-state index in [-0.39, 0.29) is 17.2 Å². The number of halogens is 1. The molecule has 0 aliphatic carbocycles. The van der Waals surface area contributed by atoms with Crippen molar-refractivity contribution in [3.05, 3.63) is 65.0 Å². The molecule has 2 aromatic carbocycles. The molecular weight excluding hydrogens is 319 g/mol. The fourth-order valence-electron chi connectivity index (χ4n) is 2.21. The molecule has 0 aromatic heterocycles. The molecule has 2 rings (SSSR count). The highest BCUT2D eigenvalue weighted by Gasteiger charge is 2.19. The molecule has 0 saturated carbocycles. The van der Waals surface area contributed by atoms with Gasteiger partial charge in [-0.1, -0.05) is 56.3 Å². The molecule has 6 heteroatoms. The SMILES string of the molecule is CC(C)c1c(F)cc(C=Cc2ccccc2)cc1OS(=O)(=O)O. The van der Waals surface area contributed by atoms with E-state index in [4.69, 9.17) is 4.55 Å². The van der Waals surface area contributed by atoms with E-state index in [9.17, 15) is 12.8 Å². The smallest absolute Gasteiger partial charge is 0.361 e. The maximum Gasteiger partial charge on any atom is 0.446 e. The Labute approximate surface area is 135 Å². The van der Waals surface area contributed by atoms with E-state index >= 15 is 0 Å². The zero-order valence-electron chi connectivity index (χ0n) is 12.7. The van der Waals surface area contributed by atoms with E-state index in [1.54, 1.807) is 26.0 Å². The van der Waals surface area contributed by atoms with E-state index in [0.717, 1.165) is 5.56 Å². The standard InChI is InChI=1S/C17H17FO4S/c1-12(2)17-15(18)10-14(11-16(17)22-23(19,20)21)9-8-13-6-4-3-5-7-13/h3-12H,1-2H3,(H,19,20,21). The average molecular weight is 336 g/mol. The molecule has 0 aliphatic rings. The van der Waals surface area contributed by atoms with Crippen molar-refractivity contribution in [1.82, 2.24) is 0 Å². The van der Waals surface area contributed by atoms with Gasteiger partial charge < -0.3 is 4.18 Å². The van der Waals surface area contributed by atoms with Crippen LogP contribution in [0.15, 0.2) is 42.5 Å². The van der Waals surface area contributed by atoms with Gasteiger partial charge in [0.1, 0.15) is 5.82 Å². The zero-order valence-corrected chi connectivity index (χ0v) is 13.5. The Kier molecular flexibility index (Phi) is 5.18. The third-order valence-electron chi connectivity index (χ3n) is 3.15. The summed E-state index contributed by atoms with van der Waals surface area (Å²) in [5.41, 5.74) is 1.44. The molecule has 0 atom stereocenters. The van der Waals surface area contributed by atoms with Crippen molar-refractivity contribution in [3.8, 4) is 5.75 Å². The maximum atomic E-state index is 14.3. The van der Waals surface area contributed by atoms with Gasteiger partial charge in [-0.25, -0.2) is 4.39 Å². The summed E-state index contributed by atoms with van der Waals surface area (Å²) in [6.07, 6.45) is 3.40. The van der Waals surface area contributed by atoms with Gasteiger partial charge in [0, 0.05) is 5.56 Å². The second-order valence-corrected chi connectivity index (χ2v) is 6.35. The van der Waals surface area contributed by atoms with Crippen molar-refractivity contribution in [3.63, 3.8) is 0 Å². The van der Waals surface area contributed by atoms with Crippen molar-refractivity contribution in [1.29, 1.82) is 0 Å².